The maximum atomic E-state index is 10.8. The molecule has 13 heteroatoms. The topological polar surface area (TPSA) is 138 Å². The maximum Gasteiger partial charge on any atom is 0.598 e. The molecule has 1 unspecified atom stereocenters. The van der Waals surface area contributed by atoms with Gasteiger partial charge in [0.15, 0.2) is 5.34 Å². The van der Waals surface area contributed by atoms with Gasteiger partial charge in [0.2, 0.25) is 0 Å². The number of rotatable bonds is 6. The van der Waals surface area contributed by atoms with E-state index in [1.54, 1.807) is 5.34 Å². The monoisotopic (exact) mass is 255 g/mol. The first-order chi connectivity index (χ1) is 5.83. The molecule has 13 heavy (non-hydrogen) atoms. The highest BCUT2D eigenvalue weighted by molar-refractivity contribution is 7.85. The second-order valence-corrected chi connectivity index (χ2v) is 4.06. The third-order valence-corrected chi connectivity index (χ3v) is 2.64. The van der Waals surface area contributed by atoms with E-state index >= 15 is 0 Å². The Labute approximate surface area is 77.2 Å². The molecule has 1 N–H and O–H groups in total. The lowest BCUT2D eigenvalue weighted by molar-refractivity contribution is -0.103. The van der Waals surface area contributed by atoms with Crippen LogP contribution in [-0.2, 0) is 32.6 Å². The fourth-order valence-electron chi connectivity index (χ4n) is 0.237. The van der Waals surface area contributed by atoms with Gasteiger partial charge in [-0.2, -0.15) is 12.8 Å². The van der Waals surface area contributed by atoms with E-state index in [4.69, 9.17) is 4.55 Å². The molecule has 10 nitrogen and oxygen atoms in total. The number of phosphoric acid groups is 1. The molecule has 0 aliphatic heterocycles. The van der Waals surface area contributed by atoms with E-state index in [-0.39, 0.29) is 0 Å². The zero-order valence-electron chi connectivity index (χ0n) is 5.46. The van der Waals surface area contributed by atoms with Gasteiger partial charge in [0.25, 0.3) is 0 Å². The van der Waals surface area contributed by atoms with Crippen molar-refractivity contribution in [3.63, 3.8) is 0 Å². The summed E-state index contributed by atoms with van der Waals surface area (Å²) in [5.41, 5.74) is 0. The number of thiol groups is 1. The van der Waals surface area contributed by atoms with Crippen molar-refractivity contribution in [3.8, 4) is 0 Å². The van der Waals surface area contributed by atoms with Gasteiger partial charge in [-0.25, -0.2) is 4.57 Å². The van der Waals surface area contributed by atoms with Gasteiger partial charge in [-0.1, -0.05) is 0 Å². The van der Waals surface area contributed by atoms with Crippen LogP contribution in [0.5, 0.6) is 0 Å². The van der Waals surface area contributed by atoms with E-state index in [0.717, 1.165) is 0 Å². The Bertz CT molecular complexity index is 304. The summed E-state index contributed by atoms with van der Waals surface area (Å²) in [4.78, 5) is 9.42. The summed E-state index contributed by atoms with van der Waals surface area (Å²) in [6, 6.07) is 0. The molecule has 1 atom stereocenters. The zero-order valence-corrected chi connectivity index (χ0v) is 8.07. The van der Waals surface area contributed by atoms with Crippen LogP contribution in [0.3, 0.4) is 0 Å². The quantitative estimate of drug-likeness (QED) is 0.131. The summed E-state index contributed by atoms with van der Waals surface area (Å²) in [6.07, 6.45) is 0. The van der Waals surface area contributed by atoms with Crippen LogP contribution in [0.15, 0.2) is 5.34 Å². The molecule has 0 fully saturated rings. The summed E-state index contributed by atoms with van der Waals surface area (Å²) < 4.78 is 52.2. The van der Waals surface area contributed by atoms with E-state index < -0.39 is 18.2 Å². The predicted octanol–water partition coefficient (Wildman–Crippen LogP) is 0.405. The molecule has 0 radical (unpaired) electrons. The predicted molar refractivity (Wildman–Crippen MR) is 38.3 cm³/mol. The molecule has 0 heterocycles. The summed E-state index contributed by atoms with van der Waals surface area (Å²) in [5.74, 6) is 0. The Balaban J connectivity index is 4.60. The van der Waals surface area contributed by atoms with Gasteiger partial charge < -0.3 is 0 Å². The average molecular weight is 255 g/mol. The first-order valence-electron chi connectivity index (χ1n) is 2.13. The minimum atomic E-state index is -5.15. The molecule has 78 valence electrons. The van der Waals surface area contributed by atoms with Crippen molar-refractivity contribution in [2.75, 3.05) is 0 Å². The number of hydrogen-bond donors (Lipinski definition) is 2. The van der Waals surface area contributed by atoms with Crippen molar-refractivity contribution < 1.29 is 35.1 Å². The molecule has 0 bridgehead atoms. The highest BCUT2D eigenvalue weighted by Crippen LogP contribution is 2.51. The van der Waals surface area contributed by atoms with Gasteiger partial charge in [-0.05, 0) is 0 Å². The van der Waals surface area contributed by atoms with Crippen LogP contribution in [0.25, 0.3) is 0 Å². The molecule has 0 spiro atoms. The SMILES string of the molecule is O=NOP(=O)(OOS)OS(=O)(=O)O. The first kappa shape index (κ1) is 12.8. The second-order valence-electron chi connectivity index (χ2n) is 1.25. The fourth-order valence-corrected chi connectivity index (χ4v) is 1.80. The summed E-state index contributed by atoms with van der Waals surface area (Å²) in [7, 11) is -10.1. The van der Waals surface area contributed by atoms with Crippen LogP contribution >= 0.6 is 20.7 Å². The van der Waals surface area contributed by atoms with Crippen LogP contribution in [0.1, 0.15) is 0 Å². The number of hydrogen-bond acceptors (Lipinski definition) is 10. The van der Waals surface area contributed by atoms with Crippen LogP contribution in [0.4, 0.5) is 0 Å². The Hall–Kier alpha value is -0.230. The van der Waals surface area contributed by atoms with Gasteiger partial charge >= 0.3 is 18.2 Å². The fraction of sp³-hybridized carbons (Fsp3) is 0. The standard InChI is InChI=1S/H2NO9PS2/c2-1-7-11(3,8-9-12)10-13(4,5)6/h12H,(H,4,5,6). The van der Waals surface area contributed by atoms with Gasteiger partial charge in [-0.15, -0.1) is 13.6 Å². The van der Waals surface area contributed by atoms with Gasteiger partial charge in [0.05, 0.1) is 0 Å². The maximum absolute atomic E-state index is 10.8. The highest BCUT2D eigenvalue weighted by Gasteiger charge is 2.37. The van der Waals surface area contributed by atoms with Gasteiger partial charge in [0.1, 0.15) is 0 Å². The van der Waals surface area contributed by atoms with E-state index in [9.17, 15) is 17.9 Å². The molecule has 0 amide bonds. The van der Waals surface area contributed by atoms with E-state index in [1.807, 2.05) is 0 Å². The number of nitrogens with zero attached hydrogens (tertiary/aromatic N) is 1. The first-order valence-corrected chi connectivity index (χ1v) is 5.32. The average Bonchev–Trinajstić information content (AvgIpc) is 1.82. The van der Waals surface area contributed by atoms with Gasteiger partial charge in [-0.3, -0.25) is 9.18 Å². The van der Waals surface area contributed by atoms with Crippen LogP contribution in [0.2, 0.25) is 0 Å². The minimum Gasteiger partial charge on any atom is -0.263 e. The van der Waals surface area contributed by atoms with E-state index in [1.165, 1.54) is 0 Å². The molecule has 0 saturated carbocycles. The van der Waals surface area contributed by atoms with Crippen LogP contribution in [-0.4, -0.2) is 13.0 Å². The molecule has 0 aromatic rings. The Morgan fingerprint density at radius 3 is 2.31 bits per heavy atom. The largest absolute Gasteiger partial charge is 0.598 e. The lowest BCUT2D eigenvalue weighted by Crippen LogP contribution is -2.04. The molecule has 0 aromatic heterocycles. The summed E-state index contributed by atoms with van der Waals surface area (Å²) in [6.45, 7) is 0. The van der Waals surface area contributed by atoms with Crippen LogP contribution in [0, 0.1) is 4.91 Å². The van der Waals surface area contributed by atoms with Crippen molar-refractivity contribution >= 4 is 31.1 Å². The molecular formula is H2NO9PS2. The molecule has 0 aromatic carbocycles. The molecule has 0 saturated heterocycles. The Morgan fingerprint density at radius 2 is 2.00 bits per heavy atom. The van der Waals surface area contributed by atoms with Crippen molar-refractivity contribution in [2.45, 2.75) is 0 Å². The molecular weight excluding hydrogens is 253 g/mol. The van der Waals surface area contributed by atoms with Gasteiger partial charge in [0, 0.05) is 12.9 Å². The van der Waals surface area contributed by atoms with Crippen molar-refractivity contribution in [2.24, 2.45) is 5.34 Å². The van der Waals surface area contributed by atoms with Crippen molar-refractivity contribution in [1.29, 1.82) is 0 Å². The summed E-state index contributed by atoms with van der Waals surface area (Å²) >= 11 is 2.88. The Kier molecular flexibility index (Phi) is 4.77. The Morgan fingerprint density at radius 1 is 1.46 bits per heavy atom. The minimum absolute atomic E-state index is 1.56. The highest BCUT2D eigenvalue weighted by atomic mass is 32.3. The van der Waals surface area contributed by atoms with Crippen molar-refractivity contribution in [3.05, 3.63) is 4.91 Å². The third-order valence-electron chi connectivity index (χ3n) is 0.443. The lowest BCUT2D eigenvalue weighted by Gasteiger charge is -2.06. The van der Waals surface area contributed by atoms with E-state index in [0.29, 0.717) is 0 Å². The molecule has 0 aliphatic carbocycles. The molecule has 0 rings (SSSR count). The second kappa shape index (κ2) is 4.85. The normalized spacial score (nSPS) is 16.2. The third kappa shape index (κ3) is 5.93. The smallest absolute Gasteiger partial charge is 0.263 e. The summed E-state index contributed by atoms with van der Waals surface area (Å²) in [5, 5.41) is 1.56. The zero-order chi connectivity index (χ0) is 10.5. The lowest BCUT2D eigenvalue weighted by atomic mass is 13.4. The molecule has 0 aliphatic rings. The van der Waals surface area contributed by atoms with Crippen molar-refractivity contribution in [1.82, 2.24) is 0 Å². The van der Waals surface area contributed by atoms with E-state index in [2.05, 4.69) is 30.5 Å². The van der Waals surface area contributed by atoms with Crippen LogP contribution < -0.4 is 0 Å².